The summed E-state index contributed by atoms with van der Waals surface area (Å²) in [4.78, 5) is 18.7. The number of hydrogen-bond donors (Lipinski definition) is 1. The predicted octanol–water partition coefficient (Wildman–Crippen LogP) is 1.98. The summed E-state index contributed by atoms with van der Waals surface area (Å²) in [6.45, 7) is 1.25. The fourth-order valence-corrected chi connectivity index (χ4v) is 2.90. The molecule has 1 amide bonds. The van der Waals surface area contributed by atoms with Gasteiger partial charge < -0.3 is 10.6 Å². The standard InChI is InChI=1S/C17H19N3O/c18-11-13-10-16(21)20(12-13)17(14-6-2-1-3-7-14)15-8-4-5-9-19-15/h1-9,13,17H,10-12,18H2. The van der Waals surface area contributed by atoms with E-state index in [1.54, 1.807) is 6.20 Å². The van der Waals surface area contributed by atoms with Crippen LogP contribution in [0, 0.1) is 5.92 Å². The summed E-state index contributed by atoms with van der Waals surface area (Å²) in [6.07, 6.45) is 2.30. The average Bonchev–Trinajstić information content (AvgIpc) is 2.91. The van der Waals surface area contributed by atoms with Crippen molar-refractivity contribution in [1.29, 1.82) is 0 Å². The molecule has 1 fully saturated rings. The number of rotatable bonds is 4. The lowest BCUT2D eigenvalue weighted by atomic mass is 10.0. The summed E-state index contributed by atoms with van der Waals surface area (Å²) >= 11 is 0. The third kappa shape index (κ3) is 2.81. The van der Waals surface area contributed by atoms with E-state index in [2.05, 4.69) is 4.98 Å². The normalized spacial score (nSPS) is 19.8. The number of hydrogen-bond acceptors (Lipinski definition) is 3. The van der Waals surface area contributed by atoms with Crippen molar-refractivity contribution in [1.82, 2.24) is 9.88 Å². The molecule has 2 unspecified atom stereocenters. The van der Waals surface area contributed by atoms with Crippen molar-refractivity contribution in [2.45, 2.75) is 12.5 Å². The van der Waals surface area contributed by atoms with Crippen LogP contribution in [0.4, 0.5) is 0 Å². The number of nitrogens with two attached hydrogens (primary N) is 1. The number of aromatic nitrogens is 1. The zero-order valence-corrected chi connectivity index (χ0v) is 11.9. The fraction of sp³-hybridized carbons (Fsp3) is 0.294. The SMILES string of the molecule is NCC1CC(=O)N(C(c2ccccc2)c2ccccn2)C1. The molecule has 1 saturated heterocycles. The Morgan fingerprint density at radius 3 is 2.57 bits per heavy atom. The monoisotopic (exact) mass is 281 g/mol. The van der Waals surface area contributed by atoms with E-state index in [1.165, 1.54) is 0 Å². The van der Waals surface area contributed by atoms with Crippen molar-refractivity contribution in [3.8, 4) is 0 Å². The minimum Gasteiger partial charge on any atom is -0.330 e. The maximum Gasteiger partial charge on any atom is 0.223 e. The van der Waals surface area contributed by atoms with Crippen LogP contribution in [0.1, 0.15) is 23.7 Å². The van der Waals surface area contributed by atoms with Crippen LogP contribution in [0.3, 0.4) is 0 Å². The van der Waals surface area contributed by atoms with Gasteiger partial charge >= 0.3 is 0 Å². The molecule has 0 spiro atoms. The largest absolute Gasteiger partial charge is 0.330 e. The first-order valence-electron chi connectivity index (χ1n) is 7.25. The van der Waals surface area contributed by atoms with Gasteiger partial charge in [-0.25, -0.2) is 0 Å². The third-order valence-corrected chi connectivity index (χ3v) is 3.97. The first-order chi connectivity index (χ1) is 10.3. The van der Waals surface area contributed by atoms with Gasteiger partial charge in [0.1, 0.15) is 0 Å². The molecule has 2 N–H and O–H groups in total. The Bertz CT molecular complexity index is 560. The van der Waals surface area contributed by atoms with Crippen molar-refractivity contribution in [2.75, 3.05) is 13.1 Å². The second-order valence-corrected chi connectivity index (χ2v) is 5.42. The Morgan fingerprint density at radius 2 is 1.95 bits per heavy atom. The van der Waals surface area contributed by atoms with Gasteiger partial charge in [-0.1, -0.05) is 36.4 Å². The molecule has 1 aliphatic heterocycles. The first kappa shape index (κ1) is 13.8. The maximum absolute atomic E-state index is 12.4. The second kappa shape index (κ2) is 6.06. The number of amides is 1. The molecule has 21 heavy (non-hydrogen) atoms. The summed E-state index contributed by atoms with van der Waals surface area (Å²) in [5, 5.41) is 0. The van der Waals surface area contributed by atoms with Crippen LogP contribution in [-0.2, 0) is 4.79 Å². The van der Waals surface area contributed by atoms with Crippen LogP contribution in [0.5, 0.6) is 0 Å². The van der Waals surface area contributed by atoms with E-state index < -0.39 is 0 Å². The van der Waals surface area contributed by atoms with E-state index in [0.29, 0.717) is 19.5 Å². The predicted molar refractivity (Wildman–Crippen MR) is 81.4 cm³/mol. The number of carbonyl (C=O) groups excluding carboxylic acids is 1. The number of carbonyl (C=O) groups is 1. The summed E-state index contributed by atoms with van der Waals surface area (Å²) in [7, 11) is 0. The molecular weight excluding hydrogens is 262 g/mol. The van der Waals surface area contributed by atoms with E-state index in [-0.39, 0.29) is 17.9 Å². The molecule has 0 saturated carbocycles. The van der Waals surface area contributed by atoms with E-state index >= 15 is 0 Å². The first-order valence-corrected chi connectivity index (χ1v) is 7.25. The molecule has 4 nitrogen and oxygen atoms in total. The number of benzene rings is 1. The van der Waals surface area contributed by atoms with E-state index in [9.17, 15) is 4.79 Å². The molecule has 2 atom stereocenters. The lowest BCUT2D eigenvalue weighted by molar-refractivity contribution is -0.129. The Balaban J connectivity index is 1.99. The highest BCUT2D eigenvalue weighted by Crippen LogP contribution is 2.32. The van der Waals surface area contributed by atoms with Crippen LogP contribution in [0.25, 0.3) is 0 Å². The molecule has 2 heterocycles. The van der Waals surface area contributed by atoms with Gasteiger partial charge in [-0.2, -0.15) is 0 Å². The summed E-state index contributed by atoms with van der Waals surface area (Å²) in [6, 6.07) is 15.7. The molecule has 0 bridgehead atoms. The lowest BCUT2D eigenvalue weighted by Crippen LogP contribution is -2.32. The van der Waals surface area contributed by atoms with Crippen molar-refractivity contribution < 1.29 is 4.79 Å². The minimum absolute atomic E-state index is 0.128. The third-order valence-electron chi connectivity index (χ3n) is 3.97. The maximum atomic E-state index is 12.4. The quantitative estimate of drug-likeness (QED) is 0.932. The zero-order valence-electron chi connectivity index (χ0n) is 11.9. The van der Waals surface area contributed by atoms with Crippen molar-refractivity contribution in [3.63, 3.8) is 0 Å². The van der Waals surface area contributed by atoms with Crippen molar-refractivity contribution >= 4 is 5.91 Å². The molecule has 2 aromatic rings. The zero-order chi connectivity index (χ0) is 14.7. The Kier molecular flexibility index (Phi) is 3.97. The van der Waals surface area contributed by atoms with E-state index in [1.807, 2.05) is 53.4 Å². The molecule has 3 rings (SSSR count). The highest BCUT2D eigenvalue weighted by atomic mass is 16.2. The number of pyridine rings is 1. The Hall–Kier alpha value is -2.20. The van der Waals surface area contributed by atoms with Gasteiger partial charge in [-0.3, -0.25) is 9.78 Å². The van der Waals surface area contributed by atoms with Crippen LogP contribution in [0.2, 0.25) is 0 Å². The van der Waals surface area contributed by atoms with Gasteiger partial charge in [0.2, 0.25) is 5.91 Å². The smallest absolute Gasteiger partial charge is 0.223 e. The highest BCUT2D eigenvalue weighted by molar-refractivity contribution is 5.79. The summed E-state index contributed by atoms with van der Waals surface area (Å²) in [5.41, 5.74) is 7.72. The molecular formula is C17H19N3O. The molecule has 1 aromatic heterocycles. The number of likely N-dealkylation sites (tertiary alicyclic amines) is 1. The van der Waals surface area contributed by atoms with Crippen LogP contribution < -0.4 is 5.73 Å². The van der Waals surface area contributed by atoms with Gasteiger partial charge in [0, 0.05) is 19.2 Å². The summed E-state index contributed by atoms with van der Waals surface area (Å²) in [5.74, 6) is 0.400. The molecule has 108 valence electrons. The average molecular weight is 281 g/mol. The van der Waals surface area contributed by atoms with Gasteiger partial charge in [0.15, 0.2) is 0 Å². The van der Waals surface area contributed by atoms with Gasteiger partial charge in [0.05, 0.1) is 11.7 Å². The molecule has 1 aromatic carbocycles. The fourth-order valence-electron chi connectivity index (χ4n) is 2.90. The van der Waals surface area contributed by atoms with Gasteiger partial charge in [0.25, 0.3) is 0 Å². The minimum atomic E-state index is -0.128. The molecule has 0 aliphatic carbocycles. The van der Waals surface area contributed by atoms with E-state index in [0.717, 1.165) is 11.3 Å². The Morgan fingerprint density at radius 1 is 1.19 bits per heavy atom. The van der Waals surface area contributed by atoms with Crippen LogP contribution in [0.15, 0.2) is 54.7 Å². The molecule has 1 aliphatic rings. The van der Waals surface area contributed by atoms with Gasteiger partial charge in [-0.05, 0) is 30.2 Å². The Labute approximate surface area is 124 Å². The highest BCUT2D eigenvalue weighted by Gasteiger charge is 2.35. The topological polar surface area (TPSA) is 59.2 Å². The second-order valence-electron chi connectivity index (χ2n) is 5.42. The molecule has 0 radical (unpaired) electrons. The lowest BCUT2D eigenvalue weighted by Gasteiger charge is -2.28. The number of nitrogens with zero attached hydrogens (tertiary/aromatic N) is 2. The van der Waals surface area contributed by atoms with Crippen LogP contribution in [-0.4, -0.2) is 28.9 Å². The van der Waals surface area contributed by atoms with Crippen molar-refractivity contribution in [3.05, 3.63) is 66.0 Å². The summed E-state index contributed by atoms with van der Waals surface area (Å²) < 4.78 is 0. The van der Waals surface area contributed by atoms with E-state index in [4.69, 9.17) is 5.73 Å². The molecule has 4 heteroatoms. The van der Waals surface area contributed by atoms with Crippen LogP contribution >= 0.6 is 0 Å². The van der Waals surface area contributed by atoms with Crippen molar-refractivity contribution in [2.24, 2.45) is 11.7 Å². The van der Waals surface area contributed by atoms with Gasteiger partial charge in [-0.15, -0.1) is 0 Å².